The van der Waals surface area contributed by atoms with Crippen LogP contribution in [-0.2, 0) is 9.59 Å². The maximum Gasteiger partial charge on any atom is 0.303 e. The molecule has 0 aromatic heterocycles. The molecule has 1 amide bonds. The monoisotopic (exact) mass is 269 g/mol. The normalized spacial score (nSPS) is 17.3. The highest BCUT2D eigenvalue weighted by Crippen LogP contribution is 2.50. The molecule has 4 nitrogen and oxygen atoms in total. The number of nitrogens with one attached hydrogen (secondary N) is 1. The van der Waals surface area contributed by atoms with Gasteiger partial charge in [0.1, 0.15) is 0 Å². The molecule has 0 spiro atoms. The first kappa shape index (κ1) is 16.0. The topological polar surface area (TPSA) is 66.4 Å². The van der Waals surface area contributed by atoms with Gasteiger partial charge >= 0.3 is 5.97 Å². The van der Waals surface area contributed by atoms with Crippen molar-refractivity contribution in [2.24, 2.45) is 16.7 Å². The molecule has 1 saturated carbocycles. The zero-order valence-corrected chi connectivity index (χ0v) is 12.6. The highest BCUT2D eigenvalue weighted by atomic mass is 16.4. The van der Waals surface area contributed by atoms with E-state index in [0.717, 1.165) is 13.0 Å². The van der Waals surface area contributed by atoms with E-state index in [0.29, 0.717) is 11.3 Å². The van der Waals surface area contributed by atoms with Crippen molar-refractivity contribution in [1.29, 1.82) is 0 Å². The van der Waals surface area contributed by atoms with Gasteiger partial charge in [0.2, 0.25) is 5.91 Å². The van der Waals surface area contributed by atoms with Crippen LogP contribution in [-0.4, -0.2) is 23.5 Å². The Bertz CT molecular complexity index is 343. The molecule has 0 heterocycles. The third-order valence-electron chi connectivity index (χ3n) is 3.73. The van der Waals surface area contributed by atoms with E-state index in [9.17, 15) is 9.59 Å². The zero-order chi connectivity index (χ0) is 14.7. The Labute approximate surface area is 116 Å². The number of amides is 1. The lowest BCUT2D eigenvalue weighted by Gasteiger charge is -2.23. The zero-order valence-electron chi connectivity index (χ0n) is 12.6. The number of carboxylic acid groups (broad SMARTS) is 1. The van der Waals surface area contributed by atoms with Crippen molar-refractivity contribution in [3.63, 3.8) is 0 Å². The van der Waals surface area contributed by atoms with E-state index in [1.807, 2.05) is 13.8 Å². The molecule has 110 valence electrons. The van der Waals surface area contributed by atoms with Gasteiger partial charge in [-0.15, -0.1) is 0 Å². The number of hydrogen-bond donors (Lipinski definition) is 2. The Kier molecular flexibility index (Phi) is 4.99. The molecule has 19 heavy (non-hydrogen) atoms. The van der Waals surface area contributed by atoms with Crippen molar-refractivity contribution in [2.45, 2.75) is 59.8 Å². The molecule has 0 aliphatic heterocycles. The summed E-state index contributed by atoms with van der Waals surface area (Å²) in [5.41, 5.74) is -0.161. The van der Waals surface area contributed by atoms with E-state index in [1.54, 1.807) is 0 Å². The van der Waals surface area contributed by atoms with Crippen molar-refractivity contribution >= 4 is 11.9 Å². The lowest BCUT2D eigenvalue weighted by Crippen LogP contribution is -2.34. The molecule has 1 rings (SSSR count). The Morgan fingerprint density at radius 1 is 1.26 bits per heavy atom. The summed E-state index contributed by atoms with van der Waals surface area (Å²) in [6.07, 6.45) is 3.86. The first-order valence-electron chi connectivity index (χ1n) is 7.13. The maximum atomic E-state index is 11.9. The number of carbonyl (C=O) groups excluding carboxylic acids is 1. The van der Waals surface area contributed by atoms with Gasteiger partial charge in [0.15, 0.2) is 0 Å². The van der Waals surface area contributed by atoms with Crippen LogP contribution in [0.15, 0.2) is 0 Å². The largest absolute Gasteiger partial charge is 0.481 e. The summed E-state index contributed by atoms with van der Waals surface area (Å²) in [6.45, 7) is 8.80. The summed E-state index contributed by atoms with van der Waals surface area (Å²) in [6, 6.07) is 0. The van der Waals surface area contributed by atoms with Crippen LogP contribution < -0.4 is 5.32 Å². The molecular formula is C15H27NO3. The molecule has 1 fully saturated rings. The molecule has 1 aliphatic carbocycles. The van der Waals surface area contributed by atoms with Gasteiger partial charge < -0.3 is 10.4 Å². The fourth-order valence-electron chi connectivity index (χ4n) is 2.75. The first-order chi connectivity index (χ1) is 8.64. The summed E-state index contributed by atoms with van der Waals surface area (Å²) in [5, 5.41) is 11.8. The van der Waals surface area contributed by atoms with Crippen LogP contribution in [0.1, 0.15) is 59.8 Å². The maximum absolute atomic E-state index is 11.9. The number of rotatable bonds is 8. The molecule has 4 heteroatoms. The third kappa shape index (κ3) is 6.08. The molecule has 0 bridgehead atoms. The van der Waals surface area contributed by atoms with Crippen LogP contribution >= 0.6 is 0 Å². The molecule has 0 radical (unpaired) electrons. The summed E-state index contributed by atoms with van der Waals surface area (Å²) >= 11 is 0. The molecule has 0 atom stereocenters. The highest BCUT2D eigenvalue weighted by molar-refractivity contribution is 5.78. The van der Waals surface area contributed by atoms with Gasteiger partial charge in [-0.3, -0.25) is 9.59 Å². The predicted molar refractivity (Wildman–Crippen MR) is 74.8 cm³/mol. The molecular weight excluding hydrogens is 242 g/mol. The Balaban J connectivity index is 2.34. The van der Waals surface area contributed by atoms with Crippen molar-refractivity contribution in [2.75, 3.05) is 6.54 Å². The second kappa shape index (κ2) is 5.93. The van der Waals surface area contributed by atoms with Crippen LogP contribution in [0.25, 0.3) is 0 Å². The first-order valence-corrected chi connectivity index (χ1v) is 7.13. The molecule has 0 unspecified atom stereocenters. The van der Waals surface area contributed by atoms with Crippen molar-refractivity contribution in [1.82, 2.24) is 5.32 Å². The second-order valence-corrected chi connectivity index (χ2v) is 7.29. The van der Waals surface area contributed by atoms with Gasteiger partial charge in [0, 0.05) is 13.0 Å². The smallest absolute Gasteiger partial charge is 0.303 e. The molecule has 0 aromatic rings. The Hall–Kier alpha value is -1.06. The van der Waals surface area contributed by atoms with Gasteiger partial charge in [-0.05, 0) is 36.0 Å². The quantitative estimate of drug-likeness (QED) is 0.712. The number of aliphatic carboxylic acids is 1. The van der Waals surface area contributed by atoms with Crippen molar-refractivity contribution < 1.29 is 14.7 Å². The minimum atomic E-state index is -0.851. The van der Waals surface area contributed by atoms with E-state index < -0.39 is 11.4 Å². The van der Waals surface area contributed by atoms with Gasteiger partial charge in [-0.25, -0.2) is 0 Å². The summed E-state index contributed by atoms with van der Waals surface area (Å²) in [7, 11) is 0. The Morgan fingerprint density at radius 2 is 1.84 bits per heavy atom. The molecule has 0 aromatic carbocycles. The summed E-state index contributed by atoms with van der Waals surface area (Å²) < 4.78 is 0. The van der Waals surface area contributed by atoms with E-state index >= 15 is 0 Å². The van der Waals surface area contributed by atoms with Crippen molar-refractivity contribution in [3.05, 3.63) is 0 Å². The van der Waals surface area contributed by atoms with Gasteiger partial charge in [0.05, 0.1) is 6.42 Å². The lowest BCUT2D eigenvalue weighted by molar-refractivity contribution is -0.139. The van der Waals surface area contributed by atoms with Gasteiger partial charge in [-0.2, -0.15) is 0 Å². The predicted octanol–water partition coefficient (Wildman–Crippen LogP) is 2.82. The van der Waals surface area contributed by atoms with Crippen molar-refractivity contribution in [3.8, 4) is 0 Å². The average Bonchev–Trinajstić information content (AvgIpc) is 2.91. The standard InChI is InChI=1S/C15H27NO3/c1-11(2)7-15(5-6-15)10-16-12(17)8-14(3,4)9-13(18)19/h11H,5-10H2,1-4H3,(H,16,17)(H,18,19). The molecule has 0 saturated heterocycles. The van der Waals surface area contributed by atoms with Crippen LogP contribution in [0.5, 0.6) is 0 Å². The van der Waals surface area contributed by atoms with E-state index in [1.165, 1.54) is 12.8 Å². The molecule has 2 N–H and O–H groups in total. The molecule has 1 aliphatic rings. The average molecular weight is 269 g/mol. The fraction of sp³-hybridized carbons (Fsp3) is 0.867. The Morgan fingerprint density at radius 3 is 2.26 bits per heavy atom. The SMILES string of the molecule is CC(C)CC1(CNC(=O)CC(C)(C)CC(=O)O)CC1. The van der Waals surface area contributed by atoms with Crippen LogP contribution in [0.4, 0.5) is 0 Å². The van der Waals surface area contributed by atoms with Gasteiger partial charge in [-0.1, -0.05) is 27.7 Å². The highest BCUT2D eigenvalue weighted by Gasteiger charge is 2.42. The third-order valence-corrected chi connectivity index (χ3v) is 3.73. The fourth-order valence-corrected chi connectivity index (χ4v) is 2.75. The summed E-state index contributed by atoms with van der Waals surface area (Å²) in [5.74, 6) is -0.222. The van der Waals surface area contributed by atoms with Crippen LogP contribution in [0.3, 0.4) is 0 Å². The lowest BCUT2D eigenvalue weighted by atomic mass is 9.85. The number of carboxylic acids is 1. The summed E-state index contributed by atoms with van der Waals surface area (Å²) in [4.78, 5) is 22.6. The number of carbonyl (C=O) groups is 2. The van der Waals surface area contributed by atoms with Crippen LogP contribution in [0, 0.1) is 16.7 Å². The van der Waals surface area contributed by atoms with Gasteiger partial charge in [0.25, 0.3) is 0 Å². The number of hydrogen-bond acceptors (Lipinski definition) is 2. The van der Waals surface area contributed by atoms with Crippen LogP contribution in [0.2, 0.25) is 0 Å². The second-order valence-electron chi connectivity index (χ2n) is 7.29. The minimum absolute atomic E-state index is 0.0254. The van der Waals surface area contributed by atoms with E-state index in [2.05, 4.69) is 19.2 Å². The van der Waals surface area contributed by atoms with E-state index in [-0.39, 0.29) is 18.7 Å². The minimum Gasteiger partial charge on any atom is -0.481 e. The van der Waals surface area contributed by atoms with E-state index in [4.69, 9.17) is 5.11 Å².